The third-order valence-corrected chi connectivity index (χ3v) is 4.67. The predicted molar refractivity (Wildman–Crippen MR) is 78.9 cm³/mol. The normalized spacial score (nSPS) is 29.1. The van der Waals surface area contributed by atoms with Crippen LogP contribution in [0.15, 0.2) is 6.20 Å². The lowest BCUT2D eigenvalue weighted by Crippen LogP contribution is -2.52. The zero-order valence-corrected chi connectivity index (χ0v) is 12.0. The molecule has 8 heteroatoms. The topological polar surface area (TPSA) is 110 Å². The van der Waals surface area contributed by atoms with Crippen LogP contribution in [0.3, 0.4) is 0 Å². The number of nitro groups is 1. The Morgan fingerprint density at radius 1 is 1.43 bits per heavy atom. The van der Waals surface area contributed by atoms with Crippen molar-refractivity contribution in [2.24, 2.45) is 0 Å². The van der Waals surface area contributed by atoms with Gasteiger partial charge in [-0.15, -0.1) is 0 Å². The van der Waals surface area contributed by atoms with E-state index in [2.05, 4.69) is 27.2 Å². The van der Waals surface area contributed by atoms with Gasteiger partial charge in [0.1, 0.15) is 6.20 Å². The number of nitrogens with one attached hydrogen (secondary N) is 1. The number of hydrogen-bond donors (Lipinski definition) is 2. The number of nitrogens with two attached hydrogens (primary N) is 1. The molecule has 114 valence electrons. The molecular weight excluding hydrogens is 272 g/mol. The zero-order valence-electron chi connectivity index (χ0n) is 12.0. The first-order valence-corrected chi connectivity index (χ1v) is 7.30. The minimum Gasteiger partial charge on any atom is -0.368 e. The van der Waals surface area contributed by atoms with Crippen LogP contribution < -0.4 is 11.1 Å². The van der Waals surface area contributed by atoms with Crippen LogP contribution in [0.4, 0.5) is 17.5 Å². The lowest BCUT2D eigenvalue weighted by molar-refractivity contribution is -0.384. The van der Waals surface area contributed by atoms with E-state index in [4.69, 9.17) is 5.73 Å². The fraction of sp³-hybridized carbons (Fsp3) is 0.692. The van der Waals surface area contributed by atoms with E-state index in [1.54, 1.807) is 0 Å². The number of fused-ring (bicyclic) bond motifs is 2. The smallest absolute Gasteiger partial charge is 0.329 e. The Morgan fingerprint density at radius 3 is 2.71 bits per heavy atom. The average Bonchev–Trinajstić information content (AvgIpc) is 2.39. The van der Waals surface area contributed by atoms with Crippen LogP contribution in [0, 0.1) is 10.1 Å². The average molecular weight is 292 g/mol. The minimum atomic E-state index is -0.475. The second kappa shape index (κ2) is 5.44. The van der Waals surface area contributed by atoms with Crippen molar-refractivity contribution in [3.63, 3.8) is 0 Å². The summed E-state index contributed by atoms with van der Waals surface area (Å²) in [5.74, 6) is 0.288. The van der Waals surface area contributed by atoms with Gasteiger partial charge in [-0.1, -0.05) is 6.42 Å². The SMILES string of the molecule is CN1C2CCCC1CC(Nc1nc(N)ncc1[N+](=O)[O-])C2. The predicted octanol–water partition coefficient (Wildman–Crippen LogP) is 1.39. The summed E-state index contributed by atoms with van der Waals surface area (Å²) in [4.78, 5) is 20.7. The molecule has 0 radical (unpaired) electrons. The van der Waals surface area contributed by atoms with E-state index in [0.717, 1.165) is 12.8 Å². The third-order valence-electron chi connectivity index (χ3n) is 4.67. The summed E-state index contributed by atoms with van der Waals surface area (Å²) in [6, 6.07) is 1.30. The largest absolute Gasteiger partial charge is 0.368 e. The molecule has 0 saturated carbocycles. The molecule has 0 aromatic carbocycles. The fourth-order valence-electron chi connectivity index (χ4n) is 3.56. The Hall–Kier alpha value is -1.96. The van der Waals surface area contributed by atoms with Gasteiger partial charge in [0.15, 0.2) is 0 Å². The van der Waals surface area contributed by atoms with Gasteiger partial charge in [-0.25, -0.2) is 4.98 Å². The van der Waals surface area contributed by atoms with Gasteiger partial charge in [0, 0.05) is 18.1 Å². The molecule has 2 bridgehead atoms. The number of nitrogen functional groups attached to an aromatic ring is 1. The van der Waals surface area contributed by atoms with Crippen LogP contribution >= 0.6 is 0 Å². The van der Waals surface area contributed by atoms with Crippen LogP contribution in [-0.2, 0) is 0 Å². The van der Waals surface area contributed by atoms with Crippen molar-refractivity contribution in [1.82, 2.24) is 14.9 Å². The molecular formula is C13H20N6O2. The Labute approximate surface area is 122 Å². The van der Waals surface area contributed by atoms with E-state index in [0.29, 0.717) is 12.1 Å². The van der Waals surface area contributed by atoms with Gasteiger partial charge in [-0.3, -0.25) is 10.1 Å². The van der Waals surface area contributed by atoms with Gasteiger partial charge in [0.25, 0.3) is 0 Å². The number of rotatable bonds is 3. The maximum absolute atomic E-state index is 11.1. The van der Waals surface area contributed by atoms with Crippen LogP contribution in [0.2, 0.25) is 0 Å². The van der Waals surface area contributed by atoms with E-state index in [1.807, 2.05) is 0 Å². The van der Waals surface area contributed by atoms with Crippen molar-refractivity contribution in [1.29, 1.82) is 0 Å². The van der Waals surface area contributed by atoms with Crippen molar-refractivity contribution in [3.8, 4) is 0 Å². The van der Waals surface area contributed by atoms with Gasteiger partial charge < -0.3 is 16.0 Å². The number of anilines is 2. The van der Waals surface area contributed by atoms with Crippen molar-refractivity contribution < 1.29 is 4.92 Å². The summed E-state index contributed by atoms with van der Waals surface area (Å²) < 4.78 is 0. The highest BCUT2D eigenvalue weighted by atomic mass is 16.6. The van der Waals surface area contributed by atoms with Crippen molar-refractivity contribution in [3.05, 3.63) is 16.3 Å². The highest BCUT2D eigenvalue weighted by Gasteiger charge is 2.36. The molecule has 2 fully saturated rings. The number of nitrogens with zero attached hydrogens (tertiary/aromatic N) is 4. The Kier molecular flexibility index (Phi) is 3.62. The zero-order chi connectivity index (χ0) is 15.0. The molecule has 2 saturated heterocycles. The van der Waals surface area contributed by atoms with Gasteiger partial charge in [0.05, 0.1) is 4.92 Å². The summed E-state index contributed by atoms with van der Waals surface area (Å²) in [5, 5.41) is 14.3. The lowest BCUT2D eigenvalue weighted by atomic mass is 9.82. The Bertz CT molecular complexity index is 537. The second-order valence-electron chi connectivity index (χ2n) is 5.94. The summed E-state index contributed by atoms with van der Waals surface area (Å²) >= 11 is 0. The van der Waals surface area contributed by atoms with E-state index in [9.17, 15) is 10.1 Å². The lowest BCUT2D eigenvalue weighted by Gasteiger charge is -2.47. The molecule has 0 amide bonds. The molecule has 21 heavy (non-hydrogen) atoms. The quantitative estimate of drug-likeness (QED) is 0.639. The molecule has 0 spiro atoms. The highest BCUT2D eigenvalue weighted by Crippen LogP contribution is 2.34. The molecule has 3 rings (SSSR count). The van der Waals surface area contributed by atoms with Crippen molar-refractivity contribution in [2.45, 2.75) is 50.2 Å². The van der Waals surface area contributed by atoms with Crippen LogP contribution in [0.1, 0.15) is 32.1 Å². The Morgan fingerprint density at radius 2 is 2.10 bits per heavy atom. The standard InChI is InChI=1S/C13H20N6O2/c1-18-9-3-2-4-10(18)6-8(5-9)16-12-11(19(20)21)7-15-13(14)17-12/h7-10H,2-6H2,1H3,(H3,14,15,16,17). The highest BCUT2D eigenvalue weighted by molar-refractivity contribution is 5.56. The molecule has 1 aromatic heterocycles. The molecule has 2 aliphatic heterocycles. The molecule has 3 N–H and O–H groups in total. The molecule has 2 aliphatic rings. The van der Waals surface area contributed by atoms with Crippen molar-refractivity contribution >= 4 is 17.5 Å². The minimum absolute atomic E-state index is 0.0521. The van der Waals surface area contributed by atoms with Gasteiger partial charge in [-0.2, -0.15) is 4.98 Å². The van der Waals surface area contributed by atoms with Crippen LogP contribution in [0.25, 0.3) is 0 Å². The molecule has 8 nitrogen and oxygen atoms in total. The monoisotopic (exact) mass is 292 g/mol. The summed E-state index contributed by atoms with van der Waals surface area (Å²) in [5.41, 5.74) is 5.44. The summed E-state index contributed by atoms with van der Waals surface area (Å²) in [7, 11) is 2.18. The van der Waals surface area contributed by atoms with Crippen LogP contribution in [-0.4, -0.2) is 45.0 Å². The maximum Gasteiger partial charge on any atom is 0.329 e. The van der Waals surface area contributed by atoms with E-state index >= 15 is 0 Å². The molecule has 2 unspecified atom stereocenters. The molecule has 0 aliphatic carbocycles. The summed E-state index contributed by atoms with van der Waals surface area (Å²) in [6.45, 7) is 0. The molecule has 3 heterocycles. The first kappa shape index (κ1) is 14.0. The summed E-state index contributed by atoms with van der Waals surface area (Å²) in [6.07, 6.45) is 6.79. The van der Waals surface area contributed by atoms with E-state index < -0.39 is 4.92 Å². The number of aromatic nitrogens is 2. The third kappa shape index (κ3) is 2.76. The van der Waals surface area contributed by atoms with Gasteiger partial charge in [-0.05, 0) is 32.7 Å². The molecule has 1 aromatic rings. The first-order chi connectivity index (χ1) is 10.0. The number of hydrogen-bond acceptors (Lipinski definition) is 7. The second-order valence-corrected chi connectivity index (χ2v) is 5.94. The van der Waals surface area contributed by atoms with Gasteiger partial charge in [0.2, 0.25) is 11.8 Å². The number of piperidine rings is 2. The van der Waals surface area contributed by atoms with Crippen molar-refractivity contribution in [2.75, 3.05) is 18.1 Å². The Balaban J connectivity index is 1.78. The van der Waals surface area contributed by atoms with Crippen LogP contribution in [0.5, 0.6) is 0 Å². The van der Waals surface area contributed by atoms with E-state index in [-0.39, 0.29) is 23.5 Å². The van der Waals surface area contributed by atoms with E-state index in [1.165, 1.54) is 25.5 Å². The van der Waals surface area contributed by atoms with Gasteiger partial charge >= 0.3 is 5.69 Å². The first-order valence-electron chi connectivity index (χ1n) is 7.30. The maximum atomic E-state index is 11.1. The fourth-order valence-corrected chi connectivity index (χ4v) is 3.56. The molecule has 2 atom stereocenters.